The van der Waals surface area contributed by atoms with Crippen LogP contribution in [0, 0.1) is 35.5 Å². The molecular formula is C21H36Cl2O3. The van der Waals surface area contributed by atoms with Gasteiger partial charge in [-0.2, -0.15) is 0 Å². The molecule has 0 N–H and O–H groups in total. The van der Waals surface area contributed by atoms with E-state index in [0.29, 0.717) is 47.3 Å². The Balaban J connectivity index is 1.98. The molecule has 2 rings (SSSR count). The second-order valence-electron chi connectivity index (χ2n) is 8.80. The van der Waals surface area contributed by atoms with E-state index >= 15 is 0 Å². The van der Waals surface area contributed by atoms with Gasteiger partial charge in [-0.25, -0.2) is 4.79 Å². The first-order valence-electron chi connectivity index (χ1n) is 10.4. The molecule has 2 saturated carbocycles. The molecule has 3 nitrogen and oxygen atoms in total. The molecule has 0 amide bonds. The van der Waals surface area contributed by atoms with Gasteiger partial charge in [0.2, 0.25) is 0 Å². The number of ether oxygens (including phenoxy) is 2. The molecule has 6 atom stereocenters. The molecular weight excluding hydrogens is 371 g/mol. The number of alkyl halides is 2. The number of hydrogen-bond donors (Lipinski definition) is 0. The molecule has 0 bridgehead atoms. The highest BCUT2D eigenvalue weighted by molar-refractivity contribution is 6.18. The number of carbonyl (C=O) groups is 1. The molecule has 2 aliphatic carbocycles. The molecule has 6 unspecified atom stereocenters. The van der Waals surface area contributed by atoms with Gasteiger partial charge in [0.15, 0.2) is 0 Å². The van der Waals surface area contributed by atoms with Gasteiger partial charge in [-0.1, -0.05) is 66.2 Å². The molecule has 26 heavy (non-hydrogen) atoms. The molecule has 5 heteroatoms. The Kier molecular flexibility index (Phi) is 8.87. The van der Waals surface area contributed by atoms with Crippen LogP contribution >= 0.6 is 23.2 Å². The third kappa shape index (κ3) is 5.44. The van der Waals surface area contributed by atoms with E-state index in [2.05, 4.69) is 27.7 Å². The van der Waals surface area contributed by atoms with E-state index in [4.69, 9.17) is 32.7 Å². The lowest BCUT2D eigenvalue weighted by Gasteiger charge is -2.40. The quantitative estimate of drug-likeness (QED) is 0.372. The van der Waals surface area contributed by atoms with Crippen LogP contribution in [0.1, 0.15) is 66.2 Å². The SMILES string of the molecule is CC1CCCC(C)C1C(CCl)OC(=O)OC(CCl)C1C(C)CCCC1C. The van der Waals surface area contributed by atoms with Crippen molar-refractivity contribution in [3.8, 4) is 0 Å². The molecule has 0 spiro atoms. The number of carbonyl (C=O) groups excluding carboxylic acids is 1. The second kappa shape index (κ2) is 10.4. The predicted octanol–water partition coefficient (Wildman–Crippen LogP) is 6.50. The molecule has 0 heterocycles. The Morgan fingerprint density at radius 2 is 1.08 bits per heavy atom. The van der Waals surface area contributed by atoms with E-state index in [1.165, 1.54) is 38.5 Å². The highest BCUT2D eigenvalue weighted by Crippen LogP contribution is 2.40. The Hall–Kier alpha value is -0.150. The lowest BCUT2D eigenvalue weighted by atomic mass is 9.71. The summed E-state index contributed by atoms with van der Waals surface area (Å²) < 4.78 is 11.4. The van der Waals surface area contributed by atoms with Gasteiger partial charge in [-0.05, 0) is 23.7 Å². The van der Waals surface area contributed by atoms with Crippen molar-refractivity contribution in [2.45, 2.75) is 78.4 Å². The van der Waals surface area contributed by atoms with Crippen LogP contribution in [0.5, 0.6) is 0 Å². The Labute approximate surface area is 169 Å². The zero-order valence-electron chi connectivity index (χ0n) is 16.8. The van der Waals surface area contributed by atoms with E-state index in [1.807, 2.05) is 0 Å². The van der Waals surface area contributed by atoms with E-state index in [-0.39, 0.29) is 12.2 Å². The maximum atomic E-state index is 12.5. The van der Waals surface area contributed by atoms with Gasteiger partial charge in [0.05, 0.1) is 11.8 Å². The number of rotatable bonds is 6. The molecule has 0 radical (unpaired) electrons. The highest BCUT2D eigenvalue weighted by Gasteiger charge is 2.39. The fourth-order valence-electron chi connectivity index (χ4n) is 5.58. The van der Waals surface area contributed by atoms with Crippen molar-refractivity contribution < 1.29 is 14.3 Å². The van der Waals surface area contributed by atoms with Gasteiger partial charge in [-0.15, -0.1) is 23.2 Å². The standard InChI is InChI=1S/C21H36Cl2O3/c1-13-7-5-8-14(2)19(13)17(11-22)25-21(24)26-18(12-23)20-15(3)9-6-10-16(20)4/h13-20H,5-12H2,1-4H3. The van der Waals surface area contributed by atoms with E-state index in [9.17, 15) is 4.79 Å². The normalized spacial score (nSPS) is 37.6. The van der Waals surface area contributed by atoms with Crippen LogP contribution in [0.25, 0.3) is 0 Å². The molecule has 2 aliphatic rings. The van der Waals surface area contributed by atoms with E-state index in [0.717, 1.165) is 0 Å². The first-order valence-corrected chi connectivity index (χ1v) is 11.4. The lowest BCUT2D eigenvalue weighted by molar-refractivity contribution is -0.0563. The Bertz CT molecular complexity index is 387. The highest BCUT2D eigenvalue weighted by atomic mass is 35.5. The Morgan fingerprint density at radius 3 is 1.35 bits per heavy atom. The summed E-state index contributed by atoms with van der Waals surface area (Å²) in [5.74, 6) is 3.28. The number of halogens is 2. The summed E-state index contributed by atoms with van der Waals surface area (Å²) in [7, 11) is 0. The molecule has 0 aromatic heterocycles. The minimum atomic E-state index is -0.601. The lowest BCUT2D eigenvalue weighted by Crippen LogP contribution is -2.42. The molecule has 152 valence electrons. The van der Waals surface area contributed by atoms with Crippen LogP contribution in [0.2, 0.25) is 0 Å². The topological polar surface area (TPSA) is 35.5 Å². The zero-order valence-corrected chi connectivity index (χ0v) is 18.3. The summed E-state index contributed by atoms with van der Waals surface area (Å²) in [6.45, 7) is 8.95. The summed E-state index contributed by atoms with van der Waals surface area (Å²) in [5, 5.41) is 0. The summed E-state index contributed by atoms with van der Waals surface area (Å²) in [5.41, 5.74) is 0. The summed E-state index contributed by atoms with van der Waals surface area (Å²) in [6.07, 6.45) is 5.98. The van der Waals surface area contributed by atoms with E-state index in [1.54, 1.807) is 0 Å². The van der Waals surface area contributed by atoms with Crippen molar-refractivity contribution in [3.63, 3.8) is 0 Å². The van der Waals surface area contributed by atoms with Gasteiger partial charge in [0.25, 0.3) is 0 Å². The first-order chi connectivity index (χ1) is 12.4. The molecule has 0 saturated heterocycles. The molecule has 2 fully saturated rings. The van der Waals surface area contributed by atoms with Crippen LogP contribution < -0.4 is 0 Å². The third-order valence-electron chi connectivity index (χ3n) is 6.92. The monoisotopic (exact) mass is 406 g/mol. The average Bonchev–Trinajstić information content (AvgIpc) is 2.59. The fraction of sp³-hybridized carbons (Fsp3) is 0.952. The Morgan fingerprint density at radius 1 is 0.769 bits per heavy atom. The predicted molar refractivity (Wildman–Crippen MR) is 108 cm³/mol. The fourth-order valence-corrected chi connectivity index (χ4v) is 6.12. The minimum absolute atomic E-state index is 0.286. The van der Waals surface area contributed by atoms with Crippen molar-refractivity contribution in [1.82, 2.24) is 0 Å². The summed E-state index contributed by atoms with van der Waals surface area (Å²) in [6, 6.07) is 0. The number of hydrogen-bond acceptors (Lipinski definition) is 3. The van der Waals surface area contributed by atoms with Gasteiger partial charge >= 0.3 is 6.16 Å². The van der Waals surface area contributed by atoms with Crippen LogP contribution in [-0.4, -0.2) is 30.1 Å². The smallest absolute Gasteiger partial charge is 0.429 e. The van der Waals surface area contributed by atoms with Crippen molar-refractivity contribution in [2.24, 2.45) is 35.5 Å². The third-order valence-corrected chi connectivity index (χ3v) is 7.53. The molecule has 0 aromatic carbocycles. The van der Waals surface area contributed by atoms with Crippen LogP contribution in [-0.2, 0) is 9.47 Å². The first kappa shape index (κ1) is 22.1. The minimum Gasteiger partial charge on any atom is -0.429 e. The van der Waals surface area contributed by atoms with Gasteiger partial charge < -0.3 is 9.47 Å². The second-order valence-corrected chi connectivity index (χ2v) is 9.41. The van der Waals surface area contributed by atoms with Crippen LogP contribution in [0.15, 0.2) is 0 Å². The van der Waals surface area contributed by atoms with Crippen molar-refractivity contribution in [2.75, 3.05) is 11.8 Å². The largest absolute Gasteiger partial charge is 0.508 e. The van der Waals surface area contributed by atoms with Crippen LogP contribution in [0.3, 0.4) is 0 Å². The summed E-state index contributed by atoms with van der Waals surface area (Å²) in [4.78, 5) is 12.5. The van der Waals surface area contributed by atoms with Crippen LogP contribution in [0.4, 0.5) is 4.79 Å². The maximum absolute atomic E-state index is 12.5. The van der Waals surface area contributed by atoms with Crippen molar-refractivity contribution >= 4 is 29.4 Å². The summed E-state index contributed by atoms with van der Waals surface area (Å²) >= 11 is 12.4. The van der Waals surface area contributed by atoms with Gasteiger partial charge in [0, 0.05) is 11.8 Å². The molecule has 0 aliphatic heterocycles. The zero-order chi connectivity index (χ0) is 19.3. The van der Waals surface area contributed by atoms with Crippen molar-refractivity contribution in [1.29, 1.82) is 0 Å². The maximum Gasteiger partial charge on any atom is 0.508 e. The van der Waals surface area contributed by atoms with Gasteiger partial charge in [-0.3, -0.25) is 0 Å². The van der Waals surface area contributed by atoms with E-state index < -0.39 is 6.16 Å². The average molecular weight is 407 g/mol. The van der Waals surface area contributed by atoms with Crippen molar-refractivity contribution in [3.05, 3.63) is 0 Å². The molecule has 0 aromatic rings. The van der Waals surface area contributed by atoms with Gasteiger partial charge in [0.1, 0.15) is 12.2 Å².